The second-order valence-corrected chi connectivity index (χ2v) is 4.00. The van der Waals surface area contributed by atoms with Crippen LogP contribution in [0.15, 0.2) is 29.4 Å². The first-order chi connectivity index (χ1) is 7.16. The highest BCUT2D eigenvalue weighted by atomic mass is 16.2. The van der Waals surface area contributed by atoms with Crippen molar-refractivity contribution in [2.24, 2.45) is 11.0 Å². The summed E-state index contributed by atoms with van der Waals surface area (Å²) in [6.45, 7) is 4.08. The van der Waals surface area contributed by atoms with Gasteiger partial charge in [-0.3, -0.25) is 4.79 Å². The maximum atomic E-state index is 11.1. The van der Waals surface area contributed by atoms with Crippen molar-refractivity contribution in [3.05, 3.63) is 35.4 Å². The maximum absolute atomic E-state index is 11.1. The molecule has 1 heterocycles. The Balaban J connectivity index is 2.31. The summed E-state index contributed by atoms with van der Waals surface area (Å²) in [4.78, 5) is 11.1. The van der Waals surface area contributed by atoms with Crippen molar-refractivity contribution in [1.82, 2.24) is 5.43 Å². The molecular weight excluding hydrogens is 188 g/mol. The predicted molar refractivity (Wildman–Crippen MR) is 59.6 cm³/mol. The average Bonchev–Trinajstić information content (AvgIpc) is 2.20. The molecule has 1 aromatic rings. The van der Waals surface area contributed by atoms with Crippen molar-refractivity contribution in [1.29, 1.82) is 0 Å². The number of rotatable bonds is 1. The standard InChI is InChI=1S/C12H14N2O/c1-8-3-5-10(6-4-8)12-9(2)7-11(15)13-14-12/h3-6,9H,7H2,1-2H3,(H,13,15)/t9-/m1/s1. The van der Waals surface area contributed by atoms with Crippen LogP contribution in [0.5, 0.6) is 0 Å². The number of aryl methyl sites for hydroxylation is 1. The number of hydrogen-bond acceptors (Lipinski definition) is 2. The van der Waals surface area contributed by atoms with Crippen LogP contribution >= 0.6 is 0 Å². The Hall–Kier alpha value is -1.64. The fraction of sp³-hybridized carbons (Fsp3) is 0.333. The van der Waals surface area contributed by atoms with Crippen molar-refractivity contribution >= 4 is 11.6 Å². The smallest absolute Gasteiger partial charge is 0.240 e. The minimum atomic E-state index is -0.00152. The Morgan fingerprint density at radius 2 is 2.00 bits per heavy atom. The van der Waals surface area contributed by atoms with Crippen LogP contribution in [0, 0.1) is 12.8 Å². The average molecular weight is 202 g/mol. The molecule has 0 bridgehead atoms. The molecule has 1 atom stereocenters. The molecule has 1 aliphatic heterocycles. The molecule has 0 spiro atoms. The SMILES string of the molecule is Cc1ccc(C2=NNC(=O)C[C@H]2C)cc1. The Morgan fingerprint density at radius 3 is 2.60 bits per heavy atom. The summed E-state index contributed by atoms with van der Waals surface area (Å²) in [6, 6.07) is 8.20. The molecule has 1 aromatic carbocycles. The van der Waals surface area contributed by atoms with Crippen LogP contribution in [0.2, 0.25) is 0 Å². The van der Waals surface area contributed by atoms with Crippen molar-refractivity contribution in [2.75, 3.05) is 0 Å². The van der Waals surface area contributed by atoms with Gasteiger partial charge in [-0.2, -0.15) is 5.10 Å². The summed E-state index contributed by atoms with van der Waals surface area (Å²) < 4.78 is 0. The van der Waals surface area contributed by atoms with Crippen molar-refractivity contribution in [3.63, 3.8) is 0 Å². The highest BCUT2D eigenvalue weighted by Crippen LogP contribution is 2.16. The van der Waals surface area contributed by atoms with Crippen LogP contribution in [0.3, 0.4) is 0 Å². The van der Waals surface area contributed by atoms with Gasteiger partial charge in [-0.1, -0.05) is 36.8 Å². The van der Waals surface area contributed by atoms with Gasteiger partial charge in [0.2, 0.25) is 5.91 Å². The number of nitrogens with zero attached hydrogens (tertiary/aromatic N) is 1. The van der Waals surface area contributed by atoms with Gasteiger partial charge in [-0.15, -0.1) is 0 Å². The lowest BCUT2D eigenvalue weighted by Gasteiger charge is -2.19. The van der Waals surface area contributed by atoms with E-state index in [0.29, 0.717) is 6.42 Å². The van der Waals surface area contributed by atoms with E-state index < -0.39 is 0 Å². The molecule has 0 radical (unpaired) electrons. The van der Waals surface area contributed by atoms with Gasteiger partial charge >= 0.3 is 0 Å². The third-order valence-corrected chi connectivity index (χ3v) is 2.61. The molecule has 1 N–H and O–H groups in total. The molecule has 3 nitrogen and oxygen atoms in total. The quantitative estimate of drug-likeness (QED) is 0.742. The molecule has 78 valence electrons. The number of carbonyl (C=O) groups excluding carboxylic acids is 1. The minimum Gasteiger partial charge on any atom is -0.273 e. The van der Waals surface area contributed by atoms with Gasteiger partial charge in [0, 0.05) is 12.3 Å². The molecule has 0 aromatic heterocycles. The number of amides is 1. The van der Waals surface area contributed by atoms with Gasteiger partial charge in [-0.25, -0.2) is 5.43 Å². The van der Waals surface area contributed by atoms with E-state index in [0.717, 1.165) is 11.3 Å². The van der Waals surface area contributed by atoms with Gasteiger partial charge in [-0.05, 0) is 12.5 Å². The molecule has 1 amide bonds. The van der Waals surface area contributed by atoms with Crippen molar-refractivity contribution in [2.45, 2.75) is 20.3 Å². The summed E-state index contributed by atoms with van der Waals surface area (Å²) >= 11 is 0. The summed E-state index contributed by atoms with van der Waals surface area (Å²) in [5.41, 5.74) is 5.81. The Kier molecular flexibility index (Phi) is 2.54. The predicted octanol–water partition coefficient (Wildman–Crippen LogP) is 1.86. The lowest BCUT2D eigenvalue weighted by atomic mass is 9.94. The lowest BCUT2D eigenvalue weighted by Crippen LogP contribution is -2.31. The highest BCUT2D eigenvalue weighted by Gasteiger charge is 2.21. The summed E-state index contributed by atoms with van der Waals surface area (Å²) in [5, 5.41) is 4.11. The number of benzene rings is 1. The first-order valence-electron chi connectivity index (χ1n) is 5.10. The van der Waals surface area contributed by atoms with Gasteiger partial charge in [0.25, 0.3) is 0 Å². The Bertz CT molecular complexity index is 406. The summed E-state index contributed by atoms with van der Waals surface area (Å²) in [6.07, 6.45) is 0.521. The molecule has 0 saturated carbocycles. The largest absolute Gasteiger partial charge is 0.273 e. The number of hydrogen-bond donors (Lipinski definition) is 1. The normalized spacial score (nSPS) is 20.8. The maximum Gasteiger partial charge on any atom is 0.240 e. The van der Waals surface area contributed by atoms with E-state index in [4.69, 9.17) is 0 Å². The molecule has 1 aliphatic rings. The zero-order chi connectivity index (χ0) is 10.8. The van der Waals surface area contributed by atoms with E-state index in [-0.39, 0.29) is 11.8 Å². The Morgan fingerprint density at radius 1 is 1.33 bits per heavy atom. The number of nitrogens with one attached hydrogen (secondary N) is 1. The monoisotopic (exact) mass is 202 g/mol. The number of hydrazone groups is 1. The molecule has 0 saturated heterocycles. The van der Waals surface area contributed by atoms with Crippen LogP contribution in [0.1, 0.15) is 24.5 Å². The fourth-order valence-electron chi connectivity index (χ4n) is 1.73. The zero-order valence-electron chi connectivity index (χ0n) is 8.95. The summed E-state index contributed by atoms with van der Waals surface area (Å²) in [7, 11) is 0. The van der Waals surface area contributed by atoms with Gasteiger partial charge < -0.3 is 0 Å². The fourth-order valence-corrected chi connectivity index (χ4v) is 1.73. The van der Waals surface area contributed by atoms with Crippen molar-refractivity contribution < 1.29 is 4.79 Å². The van der Waals surface area contributed by atoms with Gasteiger partial charge in [0.15, 0.2) is 0 Å². The van der Waals surface area contributed by atoms with Crippen LogP contribution in [0.4, 0.5) is 0 Å². The first kappa shape index (κ1) is 9.90. The van der Waals surface area contributed by atoms with E-state index in [1.807, 2.05) is 19.1 Å². The molecular formula is C12H14N2O. The number of carbonyl (C=O) groups is 1. The van der Waals surface area contributed by atoms with Crippen LogP contribution in [-0.4, -0.2) is 11.6 Å². The van der Waals surface area contributed by atoms with E-state index in [1.165, 1.54) is 5.56 Å². The molecule has 3 heteroatoms. The Labute approximate surface area is 89.2 Å². The van der Waals surface area contributed by atoms with E-state index in [9.17, 15) is 4.79 Å². The third kappa shape index (κ3) is 2.06. The third-order valence-electron chi connectivity index (χ3n) is 2.61. The summed E-state index contributed by atoms with van der Waals surface area (Å²) in [5.74, 6) is 0.194. The van der Waals surface area contributed by atoms with Crippen molar-refractivity contribution in [3.8, 4) is 0 Å². The molecule has 0 unspecified atom stereocenters. The minimum absolute atomic E-state index is 0.00152. The molecule has 15 heavy (non-hydrogen) atoms. The van der Waals surface area contributed by atoms with Gasteiger partial charge in [0.1, 0.15) is 0 Å². The molecule has 0 fully saturated rings. The second-order valence-electron chi connectivity index (χ2n) is 4.00. The van der Waals surface area contributed by atoms with Crippen LogP contribution < -0.4 is 5.43 Å². The first-order valence-corrected chi connectivity index (χ1v) is 5.10. The second kappa shape index (κ2) is 3.85. The topological polar surface area (TPSA) is 41.5 Å². The zero-order valence-corrected chi connectivity index (χ0v) is 8.95. The van der Waals surface area contributed by atoms with E-state index in [1.54, 1.807) is 0 Å². The molecule has 0 aliphatic carbocycles. The van der Waals surface area contributed by atoms with Crippen LogP contribution in [-0.2, 0) is 4.79 Å². The lowest BCUT2D eigenvalue weighted by molar-refractivity contribution is -0.121. The molecule has 2 rings (SSSR count). The highest BCUT2D eigenvalue weighted by molar-refractivity contribution is 6.05. The van der Waals surface area contributed by atoms with Gasteiger partial charge in [0.05, 0.1) is 5.71 Å². The van der Waals surface area contributed by atoms with E-state index in [2.05, 4.69) is 29.6 Å². The van der Waals surface area contributed by atoms with Crippen LogP contribution in [0.25, 0.3) is 0 Å². The van der Waals surface area contributed by atoms with E-state index >= 15 is 0 Å².